The van der Waals surface area contributed by atoms with Gasteiger partial charge >= 0.3 is 0 Å². The van der Waals surface area contributed by atoms with Gasteiger partial charge in [0, 0.05) is 23.7 Å². The third kappa shape index (κ3) is 4.60. The Morgan fingerprint density at radius 2 is 1.85 bits per heavy atom. The van der Waals surface area contributed by atoms with E-state index in [0.29, 0.717) is 17.1 Å². The second-order valence-electron chi connectivity index (χ2n) is 5.75. The average Bonchev–Trinajstić information content (AvgIpc) is 2.26. The predicted molar refractivity (Wildman–Crippen MR) is 83.6 cm³/mol. The van der Waals surface area contributed by atoms with Gasteiger partial charge in [-0.3, -0.25) is 0 Å². The van der Waals surface area contributed by atoms with Crippen molar-refractivity contribution < 1.29 is 8.42 Å². The summed E-state index contributed by atoms with van der Waals surface area (Å²) in [7, 11) is -3.66. The number of sulfonamides is 1. The monoisotopic (exact) mass is 338 g/mol. The summed E-state index contributed by atoms with van der Waals surface area (Å²) in [5.74, 6) is 0. The quantitative estimate of drug-likeness (QED) is 0.865. The summed E-state index contributed by atoms with van der Waals surface area (Å²) in [5.41, 5.74) is 6.02. The van der Waals surface area contributed by atoms with E-state index in [1.807, 2.05) is 20.8 Å². The van der Waals surface area contributed by atoms with Gasteiger partial charge < -0.3 is 5.73 Å². The highest BCUT2D eigenvalue weighted by Gasteiger charge is 2.21. The maximum absolute atomic E-state index is 12.2. The second-order valence-corrected chi connectivity index (χ2v) is 8.27. The molecule has 0 amide bonds. The second kappa shape index (κ2) is 6.62. The van der Waals surface area contributed by atoms with Crippen molar-refractivity contribution in [1.29, 1.82) is 0 Å². The lowest BCUT2D eigenvalue weighted by molar-refractivity contribution is 0.378. The normalized spacial score (nSPS) is 12.7. The molecule has 0 aliphatic heterocycles. The number of rotatable bonds is 5. The van der Waals surface area contributed by atoms with Gasteiger partial charge in [-0.25, -0.2) is 13.1 Å². The number of nitrogens with one attached hydrogen (secondary N) is 1. The van der Waals surface area contributed by atoms with Crippen molar-refractivity contribution in [2.24, 2.45) is 11.1 Å². The summed E-state index contributed by atoms with van der Waals surface area (Å²) in [6.45, 7) is 6.57. The standard InChI is InChI=1S/C13H20Cl2N2O2S/c1-13(2,3)6-7-17-20(18,19)11-5-4-10(14)9(8-16)12(11)15/h4-5,17H,6-8,16H2,1-3H3. The first kappa shape index (κ1) is 17.7. The summed E-state index contributed by atoms with van der Waals surface area (Å²) >= 11 is 12.0. The molecule has 20 heavy (non-hydrogen) atoms. The van der Waals surface area contributed by atoms with Gasteiger partial charge in [-0.1, -0.05) is 44.0 Å². The van der Waals surface area contributed by atoms with Gasteiger partial charge in [0.2, 0.25) is 10.0 Å². The number of hydrogen-bond donors (Lipinski definition) is 2. The Labute approximate surface area is 130 Å². The first-order chi connectivity index (χ1) is 9.08. The molecule has 0 spiro atoms. The Kier molecular flexibility index (Phi) is 5.87. The minimum Gasteiger partial charge on any atom is -0.326 e. The summed E-state index contributed by atoms with van der Waals surface area (Å²) in [4.78, 5) is 0.0120. The Balaban J connectivity index is 2.99. The number of halogens is 2. The Hall–Kier alpha value is -0.330. The van der Waals surface area contributed by atoms with E-state index in [1.54, 1.807) is 0 Å². The van der Waals surface area contributed by atoms with Gasteiger partial charge in [-0.05, 0) is 24.0 Å². The molecular formula is C13H20Cl2N2O2S. The van der Waals surface area contributed by atoms with E-state index in [2.05, 4.69) is 4.72 Å². The zero-order chi connectivity index (χ0) is 15.6. The molecule has 0 aromatic heterocycles. The average molecular weight is 339 g/mol. The van der Waals surface area contributed by atoms with Gasteiger partial charge in [0.15, 0.2) is 0 Å². The van der Waals surface area contributed by atoms with Gasteiger partial charge in [0.25, 0.3) is 0 Å². The molecule has 0 bridgehead atoms. The fourth-order valence-electron chi connectivity index (χ4n) is 1.61. The highest BCUT2D eigenvalue weighted by Crippen LogP contribution is 2.30. The van der Waals surface area contributed by atoms with Gasteiger partial charge in [0.1, 0.15) is 4.90 Å². The van der Waals surface area contributed by atoms with Crippen LogP contribution in [0.5, 0.6) is 0 Å². The highest BCUT2D eigenvalue weighted by molar-refractivity contribution is 7.89. The lowest BCUT2D eigenvalue weighted by atomic mass is 9.93. The van der Waals surface area contributed by atoms with Gasteiger partial charge in [-0.2, -0.15) is 0 Å². The van der Waals surface area contributed by atoms with Crippen molar-refractivity contribution in [1.82, 2.24) is 4.72 Å². The van der Waals surface area contributed by atoms with E-state index in [4.69, 9.17) is 28.9 Å². The fraction of sp³-hybridized carbons (Fsp3) is 0.538. The van der Waals surface area contributed by atoms with E-state index < -0.39 is 10.0 Å². The molecule has 4 nitrogen and oxygen atoms in total. The number of benzene rings is 1. The van der Waals surface area contributed by atoms with Crippen LogP contribution in [0.1, 0.15) is 32.8 Å². The van der Waals surface area contributed by atoms with Crippen LogP contribution >= 0.6 is 23.2 Å². The third-order valence-electron chi connectivity index (χ3n) is 2.81. The highest BCUT2D eigenvalue weighted by atomic mass is 35.5. The molecule has 0 fully saturated rings. The number of hydrogen-bond acceptors (Lipinski definition) is 3. The largest absolute Gasteiger partial charge is 0.326 e. The van der Waals surface area contributed by atoms with E-state index in [9.17, 15) is 8.42 Å². The zero-order valence-corrected chi connectivity index (χ0v) is 14.2. The lowest BCUT2D eigenvalue weighted by Gasteiger charge is -2.18. The lowest BCUT2D eigenvalue weighted by Crippen LogP contribution is -2.28. The van der Waals surface area contributed by atoms with E-state index in [1.165, 1.54) is 12.1 Å². The molecule has 0 atom stereocenters. The molecule has 0 unspecified atom stereocenters. The molecule has 1 aromatic carbocycles. The molecule has 0 radical (unpaired) electrons. The van der Waals surface area contributed by atoms with Crippen LogP contribution in [-0.4, -0.2) is 15.0 Å². The smallest absolute Gasteiger partial charge is 0.242 e. The minimum absolute atomic E-state index is 0.0120. The summed E-state index contributed by atoms with van der Waals surface area (Å²) in [5, 5.41) is 0.453. The van der Waals surface area contributed by atoms with Crippen LogP contribution < -0.4 is 10.5 Å². The van der Waals surface area contributed by atoms with E-state index in [0.717, 1.165) is 6.42 Å². The zero-order valence-electron chi connectivity index (χ0n) is 11.8. The Bertz CT molecular complexity index is 581. The molecule has 0 aliphatic carbocycles. The Morgan fingerprint density at radius 3 is 2.35 bits per heavy atom. The van der Waals surface area contributed by atoms with Crippen LogP contribution in [0.15, 0.2) is 17.0 Å². The van der Waals surface area contributed by atoms with Crippen LogP contribution in [0, 0.1) is 5.41 Å². The van der Waals surface area contributed by atoms with Crippen LogP contribution in [-0.2, 0) is 16.6 Å². The fourth-order valence-corrected chi connectivity index (χ4v) is 3.57. The molecule has 0 saturated heterocycles. The van der Waals surface area contributed by atoms with E-state index >= 15 is 0 Å². The number of nitrogens with two attached hydrogens (primary N) is 1. The summed E-state index contributed by atoms with van der Waals surface area (Å²) in [6.07, 6.45) is 0.723. The molecule has 7 heteroatoms. The van der Waals surface area contributed by atoms with Crippen LogP contribution in [0.3, 0.4) is 0 Å². The maximum Gasteiger partial charge on any atom is 0.242 e. The molecule has 114 valence electrons. The van der Waals surface area contributed by atoms with Crippen molar-refractivity contribution in [2.45, 2.75) is 38.6 Å². The van der Waals surface area contributed by atoms with Gasteiger partial charge in [0.05, 0.1) is 5.02 Å². The minimum atomic E-state index is -3.66. The first-order valence-corrected chi connectivity index (χ1v) is 8.49. The molecule has 0 heterocycles. The third-order valence-corrected chi connectivity index (χ3v) is 5.21. The van der Waals surface area contributed by atoms with Crippen LogP contribution in [0.4, 0.5) is 0 Å². The molecule has 0 saturated carbocycles. The van der Waals surface area contributed by atoms with Crippen molar-refractivity contribution in [2.75, 3.05) is 6.54 Å². The van der Waals surface area contributed by atoms with Crippen molar-refractivity contribution >= 4 is 33.2 Å². The van der Waals surface area contributed by atoms with Crippen molar-refractivity contribution in [3.05, 3.63) is 27.7 Å². The van der Waals surface area contributed by atoms with Crippen LogP contribution in [0.25, 0.3) is 0 Å². The van der Waals surface area contributed by atoms with E-state index in [-0.39, 0.29) is 21.9 Å². The van der Waals surface area contributed by atoms with Gasteiger partial charge in [-0.15, -0.1) is 0 Å². The Morgan fingerprint density at radius 1 is 1.25 bits per heavy atom. The maximum atomic E-state index is 12.2. The summed E-state index contributed by atoms with van der Waals surface area (Å²) < 4.78 is 27.0. The SMILES string of the molecule is CC(C)(C)CCNS(=O)(=O)c1ccc(Cl)c(CN)c1Cl. The van der Waals surface area contributed by atoms with Crippen LogP contribution in [0.2, 0.25) is 10.0 Å². The molecule has 1 rings (SSSR count). The topological polar surface area (TPSA) is 72.2 Å². The molecular weight excluding hydrogens is 319 g/mol. The summed E-state index contributed by atoms with van der Waals surface area (Å²) in [6, 6.07) is 2.89. The van der Waals surface area contributed by atoms with Crippen molar-refractivity contribution in [3.8, 4) is 0 Å². The predicted octanol–water partition coefficient (Wildman–Crippen LogP) is 3.17. The molecule has 0 aliphatic rings. The van der Waals surface area contributed by atoms with Crippen molar-refractivity contribution in [3.63, 3.8) is 0 Å². The first-order valence-electron chi connectivity index (χ1n) is 6.25. The molecule has 1 aromatic rings. The molecule has 3 N–H and O–H groups in total.